The van der Waals surface area contributed by atoms with Crippen molar-refractivity contribution in [3.8, 4) is 17.6 Å². The van der Waals surface area contributed by atoms with Gasteiger partial charge >= 0.3 is 0 Å². The molecule has 0 aliphatic rings. The van der Waals surface area contributed by atoms with Gasteiger partial charge in [0.25, 0.3) is 0 Å². The Hall–Kier alpha value is -2.05. The summed E-state index contributed by atoms with van der Waals surface area (Å²) in [6.45, 7) is 0. The maximum Gasteiger partial charge on any atom is 0.223 e. The molecule has 0 fully saturated rings. The molecular formula is C13H9ClN2O. The lowest BCUT2D eigenvalue weighted by atomic mass is 10.1. The Balaban J connectivity index is 2.11. The van der Waals surface area contributed by atoms with Gasteiger partial charge in [0.05, 0.1) is 0 Å². The van der Waals surface area contributed by atoms with Crippen LogP contribution in [0.3, 0.4) is 0 Å². The highest BCUT2D eigenvalue weighted by atomic mass is 35.5. The molecule has 2 rings (SSSR count). The number of aromatic hydroxyl groups is 1. The minimum Gasteiger partial charge on any atom is -0.508 e. The second-order valence-electron chi connectivity index (χ2n) is 3.32. The van der Waals surface area contributed by atoms with E-state index in [9.17, 15) is 5.11 Å². The molecule has 0 spiro atoms. The van der Waals surface area contributed by atoms with Crippen molar-refractivity contribution in [3.63, 3.8) is 0 Å². The number of aromatic nitrogens is 2. The van der Waals surface area contributed by atoms with Crippen molar-refractivity contribution in [3.05, 3.63) is 53.1 Å². The van der Waals surface area contributed by atoms with Crippen LogP contribution in [0.25, 0.3) is 0 Å². The van der Waals surface area contributed by atoms with Gasteiger partial charge < -0.3 is 5.11 Å². The van der Waals surface area contributed by atoms with Crippen LogP contribution in [0.5, 0.6) is 5.75 Å². The molecule has 1 aromatic carbocycles. The molecule has 4 heteroatoms. The lowest BCUT2D eigenvalue weighted by molar-refractivity contribution is 0.470. The van der Waals surface area contributed by atoms with Gasteiger partial charge in [0.2, 0.25) is 5.28 Å². The third-order valence-electron chi connectivity index (χ3n) is 2.11. The van der Waals surface area contributed by atoms with Crippen LogP contribution in [-0.4, -0.2) is 15.1 Å². The standard InChI is InChI=1S/C13H9ClN2O/c14-13-15-9-8-11(16-13)6-3-5-10-4-1-2-7-12(10)17/h1-2,4,7-9,17H,5H2. The number of halogens is 1. The van der Waals surface area contributed by atoms with E-state index in [2.05, 4.69) is 21.8 Å². The topological polar surface area (TPSA) is 46.0 Å². The Kier molecular flexibility index (Phi) is 3.59. The minimum absolute atomic E-state index is 0.180. The first kappa shape index (κ1) is 11.4. The van der Waals surface area contributed by atoms with Gasteiger partial charge in [0, 0.05) is 18.2 Å². The normalized spacial score (nSPS) is 9.47. The van der Waals surface area contributed by atoms with Gasteiger partial charge in [0.15, 0.2) is 0 Å². The highest BCUT2D eigenvalue weighted by molar-refractivity contribution is 6.28. The smallest absolute Gasteiger partial charge is 0.223 e. The van der Waals surface area contributed by atoms with E-state index in [1.807, 2.05) is 12.1 Å². The molecule has 0 radical (unpaired) electrons. The summed E-state index contributed by atoms with van der Waals surface area (Å²) >= 11 is 5.64. The van der Waals surface area contributed by atoms with Crippen molar-refractivity contribution in [2.45, 2.75) is 6.42 Å². The summed E-state index contributed by atoms with van der Waals surface area (Å²) in [6, 6.07) is 8.79. The fourth-order valence-corrected chi connectivity index (χ4v) is 1.44. The summed E-state index contributed by atoms with van der Waals surface area (Å²) in [4.78, 5) is 7.71. The first-order valence-electron chi connectivity index (χ1n) is 5.00. The number of benzene rings is 1. The summed E-state index contributed by atoms with van der Waals surface area (Å²) in [5, 5.41) is 9.72. The number of para-hydroxylation sites is 1. The molecule has 0 amide bonds. The summed E-state index contributed by atoms with van der Waals surface area (Å²) in [5.74, 6) is 6.04. The second-order valence-corrected chi connectivity index (χ2v) is 3.66. The molecule has 3 nitrogen and oxygen atoms in total. The van der Waals surface area contributed by atoms with E-state index in [4.69, 9.17) is 11.6 Å². The maximum atomic E-state index is 9.54. The molecule has 84 valence electrons. The molecule has 0 bridgehead atoms. The quantitative estimate of drug-likeness (QED) is 0.619. The van der Waals surface area contributed by atoms with Crippen molar-refractivity contribution in [2.24, 2.45) is 0 Å². The van der Waals surface area contributed by atoms with Crippen LogP contribution in [0.4, 0.5) is 0 Å². The van der Waals surface area contributed by atoms with Gasteiger partial charge in [-0.05, 0) is 29.7 Å². The van der Waals surface area contributed by atoms with Crippen molar-refractivity contribution in [1.82, 2.24) is 9.97 Å². The molecule has 1 heterocycles. The summed E-state index contributed by atoms with van der Waals surface area (Å²) in [6.07, 6.45) is 2.02. The molecule has 0 saturated heterocycles. The van der Waals surface area contributed by atoms with Gasteiger partial charge in [-0.2, -0.15) is 0 Å². The maximum absolute atomic E-state index is 9.54. The molecule has 0 unspecified atom stereocenters. The lowest BCUT2D eigenvalue weighted by Crippen LogP contribution is -1.86. The first-order valence-corrected chi connectivity index (χ1v) is 5.38. The first-order chi connectivity index (χ1) is 8.25. The van der Waals surface area contributed by atoms with Gasteiger partial charge in [-0.25, -0.2) is 9.97 Å². The van der Waals surface area contributed by atoms with Crippen molar-refractivity contribution >= 4 is 11.6 Å². The van der Waals surface area contributed by atoms with Gasteiger partial charge in [-0.15, -0.1) is 0 Å². The predicted molar refractivity (Wildman–Crippen MR) is 65.7 cm³/mol. The van der Waals surface area contributed by atoms with E-state index >= 15 is 0 Å². The zero-order valence-electron chi connectivity index (χ0n) is 8.89. The second kappa shape index (κ2) is 5.33. The van der Waals surface area contributed by atoms with Crippen LogP contribution in [-0.2, 0) is 6.42 Å². The van der Waals surface area contributed by atoms with E-state index < -0.39 is 0 Å². The Morgan fingerprint density at radius 3 is 2.82 bits per heavy atom. The van der Waals surface area contributed by atoms with E-state index in [0.717, 1.165) is 5.56 Å². The zero-order chi connectivity index (χ0) is 12.1. The molecule has 1 N–H and O–H groups in total. The molecule has 0 saturated carbocycles. The number of hydrogen-bond donors (Lipinski definition) is 1. The number of phenols is 1. The van der Waals surface area contributed by atoms with Crippen LogP contribution in [0.2, 0.25) is 5.28 Å². The van der Waals surface area contributed by atoms with E-state index in [1.54, 1.807) is 24.4 Å². The highest BCUT2D eigenvalue weighted by Gasteiger charge is 1.96. The molecule has 0 aliphatic carbocycles. The van der Waals surface area contributed by atoms with Gasteiger partial charge in [0.1, 0.15) is 11.4 Å². The Morgan fingerprint density at radius 2 is 2.06 bits per heavy atom. The molecule has 1 aromatic heterocycles. The molecule has 2 aromatic rings. The molecule has 0 atom stereocenters. The number of phenolic OH excluding ortho intramolecular Hbond substituents is 1. The van der Waals surface area contributed by atoms with Crippen LogP contribution in [0, 0.1) is 11.8 Å². The van der Waals surface area contributed by atoms with Crippen molar-refractivity contribution in [2.75, 3.05) is 0 Å². The SMILES string of the molecule is Oc1ccccc1CC#Cc1ccnc(Cl)n1. The average molecular weight is 245 g/mol. The zero-order valence-corrected chi connectivity index (χ0v) is 9.65. The van der Waals surface area contributed by atoms with Gasteiger partial charge in [-0.3, -0.25) is 0 Å². The number of rotatable bonds is 1. The molecule has 17 heavy (non-hydrogen) atoms. The van der Waals surface area contributed by atoms with Crippen LogP contribution < -0.4 is 0 Å². The van der Waals surface area contributed by atoms with Crippen molar-refractivity contribution < 1.29 is 5.11 Å². The predicted octanol–water partition coefficient (Wildman–Crippen LogP) is 2.43. The van der Waals surface area contributed by atoms with E-state index in [-0.39, 0.29) is 11.0 Å². The minimum atomic E-state index is 0.180. The van der Waals surface area contributed by atoms with E-state index in [0.29, 0.717) is 12.1 Å². The Morgan fingerprint density at radius 1 is 1.24 bits per heavy atom. The Labute approximate surface area is 104 Å². The van der Waals surface area contributed by atoms with Crippen LogP contribution >= 0.6 is 11.6 Å². The van der Waals surface area contributed by atoms with Crippen LogP contribution in [0.1, 0.15) is 11.3 Å². The third-order valence-corrected chi connectivity index (χ3v) is 2.30. The summed E-state index contributed by atoms with van der Waals surface area (Å²) < 4.78 is 0. The number of hydrogen-bond acceptors (Lipinski definition) is 3. The monoisotopic (exact) mass is 244 g/mol. The molecular weight excluding hydrogens is 236 g/mol. The van der Waals surface area contributed by atoms with E-state index in [1.165, 1.54) is 0 Å². The van der Waals surface area contributed by atoms with Gasteiger partial charge in [-0.1, -0.05) is 24.1 Å². The largest absolute Gasteiger partial charge is 0.508 e. The highest BCUT2D eigenvalue weighted by Crippen LogP contribution is 2.15. The average Bonchev–Trinajstić information content (AvgIpc) is 2.32. The molecule has 0 aliphatic heterocycles. The Bertz CT molecular complexity index is 587. The lowest BCUT2D eigenvalue weighted by Gasteiger charge is -1.97. The fraction of sp³-hybridized carbons (Fsp3) is 0.0769. The summed E-state index contributed by atoms with van der Waals surface area (Å²) in [5.41, 5.74) is 1.36. The summed E-state index contributed by atoms with van der Waals surface area (Å²) in [7, 11) is 0. The van der Waals surface area contributed by atoms with Crippen LogP contribution in [0.15, 0.2) is 36.5 Å². The number of nitrogens with zero attached hydrogens (tertiary/aromatic N) is 2. The third kappa shape index (κ3) is 3.20. The fourth-order valence-electron chi connectivity index (χ4n) is 1.29. The van der Waals surface area contributed by atoms with Crippen molar-refractivity contribution in [1.29, 1.82) is 0 Å².